The van der Waals surface area contributed by atoms with Gasteiger partial charge >= 0.3 is 5.97 Å². The van der Waals surface area contributed by atoms with E-state index < -0.39 is 5.97 Å². The predicted molar refractivity (Wildman–Crippen MR) is 136 cm³/mol. The molecular formula is C28H47NO4. The van der Waals surface area contributed by atoms with E-state index >= 15 is 0 Å². The molecule has 33 heavy (non-hydrogen) atoms. The molecule has 0 heterocycles. The van der Waals surface area contributed by atoms with Crippen molar-refractivity contribution in [1.29, 1.82) is 0 Å². The quantitative estimate of drug-likeness (QED) is 0.187. The molecule has 0 radical (unpaired) electrons. The summed E-state index contributed by atoms with van der Waals surface area (Å²) in [5, 5.41) is 11.3. The summed E-state index contributed by atoms with van der Waals surface area (Å²) in [5.41, 5.74) is 0.457. The number of carbonyl (C=O) groups excluding carboxylic acids is 1. The van der Waals surface area contributed by atoms with Crippen molar-refractivity contribution >= 4 is 11.9 Å². The highest BCUT2D eigenvalue weighted by molar-refractivity contribution is 5.97. The number of hydrogen-bond acceptors (Lipinski definition) is 3. The number of rotatable bonds is 21. The summed E-state index contributed by atoms with van der Waals surface area (Å²) in [7, 11) is 0. The Morgan fingerprint density at radius 2 is 1.33 bits per heavy atom. The molecule has 1 aromatic rings. The van der Waals surface area contributed by atoms with Crippen molar-refractivity contribution in [2.45, 2.75) is 110 Å². The van der Waals surface area contributed by atoms with E-state index in [9.17, 15) is 9.59 Å². The van der Waals surface area contributed by atoms with Gasteiger partial charge in [-0.15, -0.1) is 0 Å². The van der Waals surface area contributed by atoms with E-state index in [0.29, 0.717) is 17.9 Å². The molecule has 1 amide bonds. The van der Waals surface area contributed by atoms with Crippen molar-refractivity contribution in [3.63, 3.8) is 0 Å². The van der Waals surface area contributed by atoms with Crippen LogP contribution in [0.15, 0.2) is 24.3 Å². The van der Waals surface area contributed by atoms with Gasteiger partial charge in [0.25, 0.3) is 5.91 Å². The molecule has 0 unspecified atom stereocenters. The fourth-order valence-corrected chi connectivity index (χ4v) is 3.94. The zero-order chi connectivity index (χ0) is 24.2. The first-order chi connectivity index (χ1) is 16.0. The lowest BCUT2D eigenvalue weighted by Gasteiger charge is -2.11. The SMILES string of the molecule is CC(C)CCCCCCCCCCCCCCCOc1ccccc1C(=O)NCCC(=O)O. The summed E-state index contributed by atoms with van der Waals surface area (Å²) in [5.74, 6) is 0.191. The predicted octanol–water partition coefficient (Wildman–Crippen LogP) is 7.39. The maximum absolute atomic E-state index is 12.2. The first kappa shape index (κ1) is 29.0. The number of aliphatic carboxylic acids is 1. The number of carboxylic acid groups (broad SMARTS) is 1. The second-order valence-corrected chi connectivity index (χ2v) is 9.52. The van der Waals surface area contributed by atoms with Gasteiger partial charge in [-0.3, -0.25) is 9.59 Å². The van der Waals surface area contributed by atoms with E-state index in [4.69, 9.17) is 9.84 Å². The Morgan fingerprint density at radius 3 is 1.88 bits per heavy atom. The number of carbonyl (C=O) groups is 2. The molecule has 0 aromatic heterocycles. The van der Waals surface area contributed by atoms with Gasteiger partial charge < -0.3 is 15.2 Å². The fraction of sp³-hybridized carbons (Fsp3) is 0.714. The van der Waals surface area contributed by atoms with Crippen molar-refractivity contribution in [2.24, 2.45) is 5.92 Å². The highest BCUT2D eigenvalue weighted by Gasteiger charge is 2.12. The van der Waals surface area contributed by atoms with Gasteiger partial charge in [-0.05, 0) is 24.5 Å². The summed E-state index contributed by atoms with van der Waals surface area (Å²) >= 11 is 0. The van der Waals surface area contributed by atoms with E-state index in [1.165, 1.54) is 77.0 Å². The van der Waals surface area contributed by atoms with Crippen LogP contribution in [0.4, 0.5) is 0 Å². The third-order valence-corrected chi connectivity index (χ3v) is 5.94. The topological polar surface area (TPSA) is 75.6 Å². The number of nitrogens with one attached hydrogen (secondary N) is 1. The number of hydrogen-bond donors (Lipinski definition) is 2. The van der Waals surface area contributed by atoms with E-state index in [2.05, 4.69) is 19.2 Å². The molecule has 0 bridgehead atoms. The number of ether oxygens (including phenoxy) is 1. The lowest BCUT2D eigenvalue weighted by atomic mass is 10.0. The van der Waals surface area contributed by atoms with Crippen LogP contribution < -0.4 is 10.1 Å². The Morgan fingerprint density at radius 1 is 0.818 bits per heavy atom. The molecule has 2 N–H and O–H groups in total. The van der Waals surface area contributed by atoms with Crippen molar-refractivity contribution in [3.05, 3.63) is 29.8 Å². The summed E-state index contributed by atoms with van der Waals surface area (Å²) < 4.78 is 5.83. The molecule has 0 spiro atoms. The molecule has 0 saturated heterocycles. The first-order valence-electron chi connectivity index (χ1n) is 13.2. The first-order valence-corrected chi connectivity index (χ1v) is 13.2. The number of para-hydroxylation sites is 1. The van der Waals surface area contributed by atoms with Crippen LogP contribution in [0.25, 0.3) is 0 Å². The monoisotopic (exact) mass is 461 g/mol. The molecule has 5 nitrogen and oxygen atoms in total. The van der Waals surface area contributed by atoms with Crippen LogP contribution in [0.1, 0.15) is 121 Å². The van der Waals surface area contributed by atoms with E-state index in [1.807, 2.05) is 6.07 Å². The highest BCUT2D eigenvalue weighted by atomic mass is 16.5. The minimum Gasteiger partial charge on any atom is -0.493 e. The number of carboxylic acids is 1. The molecule has 0 fully saturated rings. The number of benzene rings is 1. The molecule has 1 aromatic carbocycles. The van der Waals surface area contributed by atoms with Gasteiger partial charge in [0.2, 0.25) is 0 Å². The Balaban J connectivity index is 1.99. The Kier molecular flexibility index (Phi) is 17.1. The second-order valence-electron chi connectivity index (χ2n) is 9.52. The van der Waals surface area contributed by atoms with E-state index in [1.54, 1.807) is 18.2 Å². The van der Waals surface area contributed by atoms with Crippen LogP contribution in [-0.2, 0) is 4.79 Å². The Bertz CT molecular complexity index is 645. The van der Waals surface area contributed by atoms with Crippen molar-refractivity contribution in [1.82, 2.24) is 5.32 Å². The number of unbranched alkanes of at least 4 members (excludes halogenated alkanes) is 12. The summed E-state index contributed by atoms with van der Waals surface area (Å²) in [6.07, 6.45) is 18.4. The lowest BCUT2D eigenvalue weighted by molar-refractivity contribution is -0.136. The van der Waals surface area contributed by atoms with E-state index in [0.717, 1.165) is 18.8 Å². The maximum atomic E-state index is 12.2. The smallest absolute Gasteiger partial charge is 0.305 e. The molecule has 0 atom stereocenters. The van der Waals surface area contributed by atoms with Gasteiger partial charge in [-0.2, -0.15) is 0 Å². The molecule has 0 aliphatic rings. The third kappa shape index (κ3) is 16.3. The van der Waals surface area contributed by atoms with Crippen LogP contribution in [0.3, 0.4) is 0 Å². The van der Waals surface area contributed by atoms with Crippen molar-refractivity contribution in [2.75, 3.05) is 13.2 Å². The highest BCUT2D eigenvalue weighted by Crippen LogP contribution is 2.19. The normalized spacial score (nSPS) is 11.0. The zero-order valence-electron chi connectivity index (χ0n) is 21.1. The lowest BCUT2D eigenvalue weighted by Crippen LogP contribution is -2.26. The van der Waals surface area contributed by atoms with Crippen LogP contribution in [0.5, 0.6) is 5.75 Å². The average molecular weight is 462 g/mol. The minimum atomic E-state index is -0.928. The summed E-state index contributed by atoms with van der Waals surface area (Å²) in [6.45, 7) is 5.33. The van der Waals surface area contributed by atoms with Gasteiger partial charge in [-0.25, -0.2) is 0 Å². The van der Waals surface area contributed by atoms with Crippen LogP contribution >= 0.6 is 0 Å². The van der Waals surface area contributed by atoms with Crippen molar-refractivity contribution < 1.29 is 19.4 Å². The van der Waals surface area contributed by atoms with Gasteiger partial charge in [0.05, 0.1) is 18.6 Å². The van der Waals surface area contributed by atoms with Gasteiger partial charge in [0.1, 0.15) is 5.75 Å². The van der Waals surface area contributed by atoms with Crippen LogP contribution in [0.2, 0.25) is 0 Å². The van der Waals surface area contributed by atoms with Crippen molar-refractivity contribution in [3.8, 4) is 5.75 Å². The zero-order valence-corrected chi connectivity index (χ0v) is 21.1. The minimum absolute atomic E-state index is 0.0899. The van der Waals surface area contributed by atoms with E-state index in [-0.39, 0.29) is 18.9 Å². The molecular weight excluding hydrogens is 414 g/mol. The molecule has 0 aliphatic heterocycles. The van der Waals surface area contributed by atoms with Gasteiger partial charge in [-0.1, -0.05) is 109 Å². The van der Waals surface area contributed by atoms with Gasteiger partial charge in [0, 0.05) is 6.54 Å². The van der Waals surface area contributed by atoms with Gasteiger partial charge in [0.15, 0.2) is 0 Å². The molecule has 1 rings (SSSR count). The maximum Gasteiger partial charge on any atom is 0.305 e. The largest absolute Gasteiger partial charge is 0.493 e. The third-order valence-electron chi connectivity index (χ3n) is 5.94. The Labute approximate surface area is 201 Å². The molecule has 0 aliphatic carbocycles. The Hall–Kier alpha value is -2.04. The fourth-order valence-electron chi connectivity index (χ4n) is 3.94. The standard InChI is InChI=1S/C28H47NO4/c1-24(2)18-14-12-10-8-6-4-3-5-7-9-11-13-17-23-33-26-20-16-15-19-25(26)28(32)29-22-21-27(30)31/h15-16,19-20,24H,3-14,17-18,21-23H2,1-2H3,(H,29,32)(H,30,31). The van der Waals surface area contributed by atoms with Crippen LogP contribution in [-0.4, -0.2) is 30.1 Å². The average Bonchev–Trinajstić information content (AvgIpc) is 2.78. The molecule has 188 valence electrons. The molecule has 0 saturated carbocycles. The molecule has 5 heteroatoms. The number of amides is 1. The second kappa shape index (κ2) is 19.4. The van der Waals surface area contributed by atoms with Crippen LogP contribution in [0, 0.1) is 5.92 Å². The summed E-state index contributed by atoms with van der Waals surface area (Å²) in [4.78, 5) is 22.8. The summed E-state index contributed by atoms with van der Waals surface area (Å²) in [6, 6.07) is 7.12.